The van der Waals surface area contributed by atoms with Gasteiger partial charge in [0.1, 0.15) is 0 Å². The van der Waals surface area contributed by atoms with Crippen LogP contribution in [0.5, 0.6) is 11.5 Å². The van der Waals surface area contributed by atoms with Crippen LogP contribution < -0.4 is 14.8 Å². The maximum absolute atomic E-state index is 13.2. The zero-order valence-corrected chi connectivity index (χ0v) is 15.3. The molecule has 1 amide bonds. The summed E-state index contributed by atoms with van der Waals surface area (Å²) in [4.78, 5) is 16.4. The number of halogens is 2. The monoisotopic (exact) mass is 389 g/mol. The molecule has 2 aromatic carbocycles. The van der Waals surface area contributed by atoms with Crippen molar-refractivity contribution in [2.45, 2.75) is 6.54 Å². The highest BCUT2D eigenvalue weighted by molar-refractivity contribution is 5.81. The molecule has 2 aliphatic heterocycles. The number of amides is 1. The maximum atomic E-state index is 13.2. The van der Waals surface area contributed by atoms with Crippen molar-refractivity contribution in [3.05, 3.63) is 53.6 Å². The van der Waals surface area contributed by atoms with E-state index >= 15 is 0 Å². The van der Waals surface area contributed by atoms with E-state index in [2.05, 4.69) is 10.2 Å². The Bertz CT molecular complexity index is 870. The molecule has 0 bridgehead atoms. The minimum atomic E-state index is -0.936. The third-order valence-corrected chi connectivity index (χ3v) is 4.93. The van der Waals surface area contributed by atoms with E-state index in [0.29, 0.717) is 18.8 Å². The Kier molecular flexibility index (Phi) is 5.29. The van der Waals surface area contributed by atoms with Gasteiger partial charge in [-0.25, -0.2) is 8.78 Å². The molecule has 0 radical (unpaired) electrons. The molecule has 28 heavy (non-hydrogen) atoms. The largest absolute Gasteiger partial charge is 0.454 e. The molecule has 2 aliphatic rings. The van der Waals surface area contributed by atoms with Crippen molar-refractivity contribution in [3.8, 4) is 11.5 Å². The maximum Gasteiger partial charge on any atom is 0.241 e. The number of ether oxygens (including phenoxy) is 2. The van der Waals surface area contributed by atoms with Crippen molar-refractivity contribution in [2.75, 3.05) is 44.8 Å². The minimum absolute atomic E-state index is 0.0488. The highest BCUT2D eigenvalue weighted by Gasteiger charge is 2.22. The van der Waals surface area contributed by atoms with Crippen LogP contribution in [0.25, 0.3) is 0 Å². The first kappa shape index (κ1) is 18.5. The molecule has 0 atom stereocenters. The number of carbonyl (C=O) groups excluding carboxylic acids is 1. The van der Waals surface area contributed by atoms with E-state index in [0.717, 1.165) is 48.8 Å². The van der Waals surface area contributed by atoms with Gasteiger partial charge in [0.2, 0.25) is 12.7 Å². The highest BCUT2D eigenvalue weighted by Crippen LogP contribution is 2.32. The minimum Gasteiger partial charge on any atom is -0.454 e. The Hall–Kier alpha value is -2.87. The summed E-state index contributed by atoms with van der Waals surface area (Å²) in [7, 11) is 0. The first-order valence-electron chi connectivity index (χ1n) is 9.16. The summed E-state index contributed by atoms with van der Waals surface area (Å²) in [5.41, 5.74) is 1.53. The Labute approximate surface area is 161 Å². The van der Waals surface area contributed by atoms with Gasteiger partial charge in [0.05, 0.1) is 6.54 Å². The molecule has 6 nitrogen and oxygen atoms in total. The summed E-state index contributed by atoms with van der Waals surface area (Å²) < 4.78 is 36.9. The first-order chi connectivity index (χ1) is 13.6. The number of hydrogen-bond acceptors (Lipinski definition) is 5. The average molecular weight is 389 g/mol. The molecule has 0 aliphatic carbocycles. The second kappa shape index (κ2) is 8.02. The second-order valence-electron chi connectivity index (χ2n) is 6.83. The molecular formula is C20H21F2N3O3. The Morgan fingerprint density at radius 1 is 0.964 bits per heavy atom. The summed E-state index contributed by atoms with van der Waals surface area (Å²) in [6.07, 6.45) is 0. The predicted octanol–water partition coefficient (Wildman–Crippen LogP) is 2.45. The lowest BCUT2D eigenvalue weighted by molar-refractivity contribution is -0.131. The molecule has 2 aromatic rings. The quantitative estimate of drug-likeness (QED) is 0.852. The van der Waals surface area contributed by atoms with Crippen LogP contribution in [0.1, 0.15) is 5.56 Å². The zero-order valence-electron chi connectivity index (χ0n) is 15.3. The predicted molar refractivity (Wildman–Crippen MR) is 99.3 cm³/mol. The molecular weight excluding hydrogens is 368 g/mol. The molecule has 2 heterocycles. The number of fused-ring (bicyclic) bond motifs is 1. The van der Waals surface area contributed by atoms with Crippen LogP contribution in [0.4, 0.5) is 14.5 Å². The fourth-order valence-electron chi connectivity index (χ4n) is 3.35. The molecule has 1 fully saturated rings. The van der Waals surface area contributed by atoms with Gasteiger partial charge in [-0.2, -0.15) is 0 Å². The van der Waals surface area contributed by atoms with E-state index in [1.165, 1.54) is 6.07 Å². The topological polar surface area (TPSA) is 54.0 Å². The fourth-order valence-corrected chi connectivity index (χ4v) is 3.35. The fraction of sp³-hybridized carbons (Fsp3) is 0.350. The molecule has 0 aromatic heterocycles. The summed E-state index contributed by atoms with van der Waals surface area (Å²) in [5, 5.41) is 2.85. The summed E-state index contributed by atoms with van der Waals surface area (Å²) >= 11 is 0. The Balaban J connectivity index is 1.24. The summed E-state index contributed by atoms with van der Waals surface area (Å²) in [6.45, 7) is 3.89. The Morgan fingerprint density at radius 3 is 2.54 bits per heavy atom. The molecule has 0 saturated carbocycles. The molecule has 0 spiro atoms. The van der Waals surface area contributed by atoms with E-state index in [1.54, 1.807) is 4.90 Å². The molecule has 4 rings (SSSR count). The normalized spacial score (nSPS) is 16.3. The van der Waals surface area contributed by atoms with E-state index in [-0.39, 0.29) is 19.2 Å². The van der Waals surface area contributed by atoms with E-state index in [1.807, 2.05) is 18.2 Å². The van der Waals surface area contributed by atoms with Gasteiger partial charge in [0, 0.05) is 44.5 Å². The van der Waals surface area contributed by atoms with Crippen LogP contribution >= 0.6 is 0 Å². The van der Waals surface area contributed by atoms with Crippen molar-refractivity contribution in [2.24, 2.45) is 0 Å². The van der Waals surface area contributed by atoms with Crippen molar-refractivity contribution in [3.63, 3.8) is 0 Å². The van der Waals surface area contributed by atoms with Gasteiger partial charge in [-0.3, -0.25) is 9.69 Å². The third-order valence-electron chi connectivity index (χ3n) is 4.93. The lowest BCUT2D eigenvalue weighted by Gasteiger charge is -2.35. The van der Waals surface area contributed by atoms with Crippen LogP contribution in [0.3, 0.4) is 0 Å². The SMILES string of the molecule is O=C(CNc1ccc(F)c(F)c1)N1CCN(Cc2ccc3c(c2)OCO3)CC1. The van der Waals surface area contributed by atoms with E-state index < -0.39 is 11.6 Å². The number of anilines is 1. The van der Waals surface area contributed by atoms with Gasteiger partial charge in [0.15, 0.2) is 23.1 Å². The van der Waals surface area contributed by atoms with Crippen LogP contribution in [-0.2, 0) is 11.3 Å². The van der Waals surface area contributed by atoms with Crippen molar-refractivity contribution in [1.29, 1.82) is 0 Å². The third kappa shape index (κ3) is 4.17. The van der Waals surface area contributed by atoms with Gasteiger partial charge in [0.25, 0.3) is 0 Å². The van der Waals surface area contributed by atoms with Crippen molar-refractivity contribution >= 4 is 11.6 Å². The number of hydrogen-bond donors (Lipinski definition) is 1. The second-order valence-corrected chi connectivity index (χ2v) is 6.83. The molecule has 1 N–H and O–H groups in total. The smallest absolute Gasteiger partial charge is 0.241 e. The van der Waals surface area contributed by atoms with Crippen LogP contribution in [0, 0.1) is 11.6 Å². The van der Waals surface area contributed by atoms with Crippen molar-refractivity contribution in [1.82, 2.24) is 9.80 Å². The Morgan fingerprint density at radius 2 is 1.75 bits per heavy atom. The molecule has 0 unspecified atom stereocenters. The van der Waals surface area contributed by atoms with Crippen LogP contribution in [0.2, 0.25) is 0 Å². The number of piperazine rings is 1. The molecule has 148 valence electrons. The number of rotatable bonds is 5. The van der Waals surface area contributed by atoms with Crippen LogP contribution in [0.15, 0.2) is 36.4 Å². The number of nitrogens with zero attached hydrogens (tertiary/aromatic N) is 2. The average Bonchev–Trinajstić information content (AvgIpc) is 3.17. The first-order valence-corrected chi connectivity index (χ1v) is 9.16. The number of carbonyl (C=O) groups is 1. The summed E-state index contributed by atoms with van der Waals surface area (Å²) in [6, 6.07) is 9.43. The number of nitrogens with one attached hydrogen (secondary N) is 1. The van der Waals surface area contributed by atoms with Gasteiger partial charge in [-0.05, 0) is 29.8 Å². The lowest BCUT2D eigenvalue weighted by atomic mass is 10.1. The van der Waals surface area contributed by atoms with Gasteiger partial charge in [-0.1, -0.05) is 6.07 Å². The van der Waals surface area contributed by atoms with Gasteiger partial charge in [-0.15, -0.1) is 0 Å². The molecule has 8 heteroatoms. The zero-order chi connectivity index (χ0) is 19.5. The van der Waals surface area contributed by atoms with Crippen molar-refractivity contribution < 1.29 is 23.0 Å². The van der Waals surface area contributed by atoms with E-state index in [9.17, 15) is 13.6 Å². The molecule has 1 saturated heterocycles. The van der Waals surface area contributed by atoms with Gasteiger partial charge >= 0.3 is 0 Å². The highest BCUT2D eigenvalue weighted by atomic mass is 19.2. The van der Waals surface area contributed by atoms with E-state index in [4.69, 9.17) is 9.47 Å². The van der Waals surface area contributed by atoms with Gasteiger partial charge < -0.3 is 19.7 Å². The standard InChI is InChI=1S/C20H21F2N3O3/c21-16-3-2-15(10-17(16)22)23-11-20(26)25-7-5-24(6-8-25)12-14-1-4-18-19(9-14)28-13-27-18/h1-4,9-10,23H,5-8,11-13H2. The number of benzene rings is 2. The van der Waals surface area contributed by atoms with Crippen LogP contribution in [-0.4, -0.2) is 55.2 Å². The lowest BCUT2D eigenvalue weighted by Crippen LogP contribution is -2.49. The summed E-state index contributed by atoms with van der Waals surface area (Å²) in [5.74, 6) is -0.361.